The van der Waals surface area contributed by atoms with Crippen molar-refractivity contribution >= 4 is 27.3 Å². The second-order valence-electron chi connectivity index (χ2n) is 4.63. The van der Waals surface area contributed by atoms with Gasteiger partial charge in [0.25, 0.3) is 0 Å². The predicted molar refractivity (Wildman–Crippen MR) is 74.5 cm³/mol. The predicted octanol–water partition coefficient (Wildman–Crippen LogP) is 2.36. The number of sulfonamides is 1. The van der Waals surface area contributed by atoms with Gasteiger partial charge in [0.2, 0.25) is 10.0 Å². The lowest BCUT2D eigenvalue weighted by Crippen LogP contribution is -2.23. The topological polar surface area (TPSA) is 58.2 Å². The second-order valence-corrected chi connectivity index (χ2v) is 6.88. The molecule has 0 spiro atoms. The van der Waals surface area contributed by atoms with Gasteiger partial charge in [-0.1, -0.05) is 11.6 Å². The van der Waals surface area contributed by atoms with Crippen LogP contribution in [0.1, 0.15) is 19.3 Å². The molecule has 106 valence electrons. The Hall–Kier alpha value is -0.850. The molecule has 0 saturated heterocycles. The Balaban J connectivity index is 1.82. The van der Waals surface area contributed by atoms with Crippen LogP contribution in [0.3, 0.4) is 0 Å². The largest absolute Gasteiger partial charge is 0.314 e. The Bertz CT molecular complexity index is 547. The third-order valence-electron chi connectivity index (χ3n) is 2.79. The average Bonchev–Trinajstić information content (AvgIpc) is 3.13. The van der Waals surface area contributed by atoms with Crippen molar-refractivity contribution in [2.75, 3.05) is 17.0 Å². The van der Waals surface area contributed by atoms with Gasteiger partial charge >= 0.3 is 0 Å². The van der Waals surface area contributed by atoms with E-state index in [-0.39, 0.29) is 16.5 Å². The van der Waals surface area contributed by atoms with Crippen LogP contribution in [0.15, 0.2) is 18.2 Å². The van der Waals surface area contributed by atoms with E-state index in [0.717, 1.165) is 6.07 Å². The van der Waals surface area contributed by atoms with Crippen molar-refractivity contribution in [2.24, 2.45) is 0 Å². The van der Waals surface area contributed by atoms with Crippen LogP contribution in [0.5, 0.6) is 0 Å². The molecule has 1 aliphatic rings. The van der Waals surface area contributed by atoms with Gasteiger partial charge in [-0.3, -0.25) is 4.72 Å². The number of halogens is 2. The van der Waals surface area contributed by atoms with Crippen LogP contribution in [0, 0.1) is 5.82 Å². The van der Waals surface area contributed by atoms with Crippen LogP contribution in [0.4, 0.5) is 10.1 Å². The SMILES string of the molecule is O=S(=O)(CCCNC1CC1)Nc1ccc(Cl)c(F)c1. The average molecular weight is 307 g/mol. The molecule has 4 nitrogen and oxygen atoms in total. The maximum atomic E-state index is 13.2. The zero-order valence-corrected chi connectivity index (χ0v) is 11.9. The fraction of sp³-hybridized carbons (Fsp3) is 0.500. The van der Waals surface area contributed by atoms with Gasteiger partial charge in [-0.15, -0.1) is 0 Å². The van der Waals surface area contributed by atoms with Gasteiger partial charge in [0.05, 0.1) is 16.5 Å². The second kappa shape index (κ2) is 6.07. The summed E-state index contributed by atoms with van der Waals surface area (Å²) in [6.07, 6.45) is 2.88. The molecule has 0 heterocycles. The maximum absolute atomic E-state index is 13.2. The monoisotopic (exact) mass is 306 g/mol. The van der Waals surface area contributed by atoms with Crippen LogP contribution >= 0.6 is 11.6 Å². The third-order valence-corrected chi connectivity index (χ3v) is 4.47. The highest BCUT2D eigenvalue weighted by atomic mass is 35.5. The molecule has 0 amide bonds. The standard InChI is InChI=1S/C12H16ClFN2O2S/c13-11-5-4-10(8-12(11)14)16-19(17,18)7-1-6-15-9-2-3-9/h4-5,8-9,15-16H,1-3,6-7H2. The normalized spacial score (nSPS) is 15.5. The van der Waals surface area contributed by atoms with Crippen LogP contribution < -0.4 is 10.0 Å². The number of nitrogens with one attached hydrogen (secondary N) is 2. The molecule has 7 heteroatoms. The molecule has 0 unspecified atom stereocenters. The zero-order chi connectivity index (χ0) is 13.9. The van der Waals surface area contributed by atoms with Gasteiger partial charge in [0.1, 0.15) is 5.82 Å². The van der Waals surface area contributed by atoms with E-state index in [9.17, 15) is 12.8 Å². The van der Waals surface area contributed by atoms with E-state index < -0.39 is 15.8 Å². The smallest absolute Gasteiger partial charge is 0.232 e. The highest BCUT2D eigenvalue weighted by Gasteiger charge is 2.20. The molecule has 1 aliphatic carbocycles. The van der Waals surface area contributed by atoms with Crippen molar-refractivity contribution in [3.8, 4) is 0 Å². The van der Waals surface area contributed by atoms with Crippen molar-refractivity contribution in [1.29, 1.82) is 0 Å². The molecule has 19 heavy (non-hydrogen) atoms. The summed E-state index contributed by atoms with van der Waals surface area (Å²) in [4.78, 5) is 0. The van der Waals surface area contributed by atoms with Gasteiger partial charge < -0.3 is 5.32 Å². The molecule has 0 aromatic heterocycles. The summed E-state index contributed by atoms with van der Waals surface area (Å²) < 4.78 is 39.0. The first-order valence-corrected chi connectivity index (χ1v) is 8.18. The van der Waals surface area contributed by atoms with Crippen molar-refractivity contribution < 1.29 is 12.8 Å². The summed E-state index contributed by atoms with van der Waals surface area (Å²) in [5.74, 6) is -0.631. The number of hydrogen-bond acceptors (Lipinski definition) is 3. The Morgan fingerprint density at radius 1 is 1.37 bits per heavy atom. The van der Waals surface area contributed by atoms with E-state index in [4.69, 9.17) is 11.6 Å². The molecule has 0 bridgehead atoms. The van der Waals surface area contributed by atoms with E-state index in [1.54, 1.807) is 0 Å². The third kappa shape index (κ3) is 4.97. The summed E-state index contributed by atoms with van der Waals surface area (Å²) in [6, 6.07) is 4.40. The molecule has 1 fully saturated rings. The van der Waals surface area contributed by atoms with E-state index >= 15 is 0 Å². The summed E-state index contributed by atoms with van der Waals surface area (Å²) in [7, 11) is -3.44. The van der Waals surface area contributed by atoms with Gasteiger partial charge in [-0.05, 0) is 44.0 Å². The highest BCUT2D eigenvalue weighted by molar-refractivity contribution is 7.92. The minimum Gasteiger partial charge on any atom is -0.314 e. The highest BCUT2D eigenvalue weighted by Crippen LogP contribution is 2.20. The molecule has 0 atom stereocenters. The molecule has 0 aliphatic heterocycles. The van der Waals surface area contributed by atoms with E-state index in [2.05, 4.69) is 10.0 Å². The van der Waals surface area contributed by atoms with E-state index in [0.29, 0.717) is 19.0 Å². The van der Waals surface area contributed by atoms with Crippen molar-refractivity contribution in [1.82, 2.24) is 5.32 Å². The summed E-state index contributed by atoms with van der Waals surface area (Å²) >= 11 is 5.53. The van der Waals surface area contributed by atoms with Crippen LogP contribution in [0.2, 0.25) is 5.02 Å². The van der Waals surface area contributed by atoms with Gasteiger partial charge in [0.15, 0.2) is 0 Å². The number of benzene rings is 1. The summed E-state index contributed by atoms with van der Waals surface area (Å²) in [6.45, 7) is 0.681. The number of anilines is 1. The summed E-state index contributed by atoms with van der Waals surface area (Å²) in [5.41, 5.74) is 0.192. The van der Waals surface area contributed by atoms with Gasteiger partial charge in [-0.25, -0.2) is 12.8 Å². The molecule has 1 aromatic rings. The number of hydrogen-bond donors (Lipinski definition) is 2. The number of rotatable bonds is 7. The maximum Gasteiger partial charge on any atom is 0.232 e. The minimum atomic E-state index is -3.44. The summed E-state index contributed by atoms with van der Waals surface area (Å²) in [5, 5.41) is 3.21. The molecule has 1 aromatic carbocycles. The zero-order valence-electron chi connectivity index (χ0n) is 10.3. The lowest BCUT2D eigenvalue weighted by Gasteiger charge is -2.08. The quantitative estimate of drug-likeness (QED) is 0.760. The molecular weight excluding hydrogens is 291 g/mol. The van der Waals surface area contributed by atoms with E-state index in [1.807, 2.05) is 0 Å². The first-order chi connectivity index (χ1) is 8.96. The lowest BCUT2D eigenvalue weighted by atomic mass is 10.3. The molecule has 2 rings (SSSR count). The molecule has 0 radical (unpaired) electrons. The van der Waals surface area contributed by atoms with Crippen LogP contribution in [-0.4, -0.2) is 26.8 Å². The van der Waals surface area contributed by atoms with Crippen molar-refractivity contribution in [3.05, 3.63) is 29.0 Å². The first-order valence-electron chi connectivity index (χ1n) is 6.15. The Morgan fingerprint density at radius 2 is 2.11 bits per heavy atom. The Labute approximate surface area is 117 Å². The minimum absolute atomic E-state index is 0.0109. The Kier molecular flexibility index (Phi) is 4.65. The Morgan fingerprint density at radius 3 is 2.74 bits per heavy atom. The fourth-order valence-electron chi connectivity index (χ4n) is 1.65. The fourth-order valence-corrected chi connectivity index (χ4v) is 2.88. The molecule has 2 N–H and O–H groups in total. The molecular formula is C12H16ClFN2O2S. The van der Waals surface area contributed by atoms with Gasteiger partial charge in [-0.2, -0.15) is 0 Å². The lowest BCUT2D eigenvalue weighted by molar-refractivity contribution is 0.593. The van der Waals surface area contributed by atoms with Crippen molar-refractivity contribution in [3.63, 3.8) is 0 Å². The van der Waals surface area contributed by atoms with Crippen LogP contribution in [-0.2, 0) is 10.0 Å². The van der Waals surface area contributed by atoms with Crippen LogP contribution in [0.25, 0.3) is 0 Å². The first kappa shape index (κ1) is 14.6. The van der Waals surface area contributed by atoms with Gasteiger partial charge in [0, 0.05) is 6.04 Å². The van der Waals surface area contributed by atoms with Crippen molar-refractivity contribution in [2.45, 2.75) is 25.3 Å². The molecule has 1 saturated carbocycles. The van der Waals surface area contributed by atoms with E-state index in [1.165, 1.54) is 25.0 Å².